The summed E-state index contributed by atoms with van der Waals surface area (Å²) in [5.74, 6) is 2.18. The van der Waals surface area contributed by atoms with Gasteiger partial charge in [-0.15, -0.1) is 0 Å². The van der Waals surface area contributed by atoms with Crippen LogP contribution < -0.4 is 10.1 Å². The summed E-state index contributed by atoms with van der Waals surface area (Å²) in [6.07, 6.45) is 1.29. The van der Waals surface area contributed by atoms with Gasteiger partial charge in [-0.2, -0.15) is 5.10 Å². The van der Waals surface area contributed by atoms with Crippen molar-refractivity contribution >= 4 is 11.7 Å². The first-order valence-corrected chi connectivity index (χ1v) is 10.4. The molecule has 0 fully saturated rings. The van der Waals surface area contributed by atoms with Gasteiger partial charge < -0.3 is 10.1 Å². The SMILES string of the molecule is COc1ccc(-c2n[nH]c(CNC(=O)CCC(=O)c3ccc(CC(C)C)cc3)n2)cc1. The highest BCUT2D eigenvalue weighted by Gasteiger charge is 2.11. The zero-order chi connectivity index (χ0) is 22.2. The van der Waals surface area contributed by atoms with Gasteiger partial charge >= 0.3 is 0 Å². The summed E-state index contributed by atoms with van der Waals surface area (Å²) in [6.45, 7) is 4.55. The van der Waals surface area contributed by atoms with Gasteiger partial charge in [-0.3, -0.25) is 14.7 Å². The molecule has 162 valence electrons. The number of carbonyl (C=O) groups is 2. The van der Waals surface area contributed by atoms with Crippen LogP contribution in [0.3, 0.4) is 0 Å². The molecule has 0 saturated heterocycles. The molecule has 0 aliphatic heterocycles. The van der Waals surface area contributed by atoms with Gasteiger partial charge in [0.2, 0.25) is 5.91 Å². The molecule has 0 spiro atoms. The lowest BCUT2D eigenvalue weighted by atomic mass is 9.99. The third-order valence-electron chi connectivity index (χ3n) is 4.83. The fourth-order valence-electron chi connectivity index (χ4n) is 3.18. The highest BCUT2D eigenvalue weighted by molar-refractivity contribution is 5.97. The third kappa shape index (κ3) is 6.50. The second-order valence-electron chi connectivity index (χ2n) is 7.83. The highest BCUT2D eigenvalue weighted by atomic mass is 16.5. The van der Waals surface area contributed by atoms with E-state index in [4.69, 9.17) is 4.74 Å². The summed E-state index contributed by atoms with van der Waals surface area (Å²) in [4.78, 5) is 28.9. The maximum atomic E-state index is 12.3. The summed E-state index contributed by atoms with van der Waals surface area (Å²) >= 11 is 0. The largest absolute Gasteiger partial charge is 0.497 e. The molecule has 3 aromatic rings. The lowest BCUT2D eigenvalue weighted by molar-refractivity contribution is -0.121. The highest BCUT2D eigenvalue weighted by Crippen LogP contribution is 2.19. The molecule has 31 heavy (non-hydrogen) atoms. The first kappa shape index (κ1) is 22.2. The standard InChI is InChI=1S/C24H28N4O3/c1-16(2)14-17-4-6-18(7-5-17)21(29)12-13-23(30)25-15-22-26-24(28-27-22)19-8-10-20(31-3)11-9-19/h4-11,16H,12-15H2,1-3H3,(H,25,30)(H,26,27,28). The number of nitrogens with zero attached hydrogens (tertiary/aromatic N) is 2. The Morgan fingerprint density at radius 1 is 1.03 bits per heavy atom. The molecule has 3 rings (SSSR count). The van der Waals surface area contributed by atoms with Crippen LogP contribution in [0.2, 0.25) is 0 Å². The summed E-state index contributed by atoms with van der Waals surface area (Å²) in [7, 11) is 1.61. The number of amides is 1. The van der Waals surface area contributed by atoms with Crippen LogP contribution in [0, 0.1) is 5.92 Å². The third-order valence-corrected chi connectivity index (χ3v) is 4.83. The molecular weight excluding hydrogens is 392 g/mol. The van der Waals surface area contributed by atoms with Gasteiger partial charge in [0.25, 0.3) is 0 Å². The van der Waals surface area contributed by atoms with Crippen LogP contribution in [0.1, 0.15) is 48.4 Å². The first-order chi connectivity index (χ1) is 14.9. The van der Waals surface area contributed by atoms with Gasteiger partial charge in [0, 0.05) is 24.0 Å². The van der Waals surface area contributed by atoms with Gasteiger partial charge in [0.05, 0.1) is 13.7 Å². The van der Waals surface area contributed by atoms with E-state index in [1.807, 2.05) is 48.5 Å². The molecule has 0 aliphatic carbocycles. The van der Waals surface area contributed by atoms with Crippen molar-refractivity contribution in [3.63, 3.8) is 0 Å². The second-order valence-corrected chi connectivity index (χ2v) is 7.83. The smallest absolute Gasteiger partial charge is 0.220 e. The van der Waals surface area contributed by atoms with Crippen molar-refractivity contribution in [3.05, 3.63) is 65.5 Å². The molecule has 0 aliphatic rings. The number of H-pyrrole nitrogens is 1. The molecule has 0 unspecified atom stereocenters. The topological polar surface area (TPSA) is 97.0 Å². The summed E-state index contributed by atoms with van der Waals surface area (Å²) < 4.78 is 5.14. The normalized spacial score (nSPS) is 10.8. The molecule has 2 N–H and O–H groups in total. The minimum atomic E-state index is -0.202. The Kier molecular flexibility index (Phi) is 7.54. The molecule has 1 aromatic heterocycles. The minimum Gasteiger partial charge on any atom is -0.497 e. The van der Waals surface area contributed by atoms with E-state index >= 15 is 0 Å². The van der Waals surface area contributed by atoms with E-state index in [-0.39, 0.29) is 31.1 Å². The van der Waals surface area contributed by atoms with E-state index in [9.17, 15) is 9.59 Å². The minimum absolute atomic E-state index is 0.0345. The predicted molar refractivity (Wildman–Crippen MR) is 119 cm³/mol. The molecule has 1 heterocycles. The fraction of sp³-hybridized carbons (Fsp3) is 0.333. The van der Waals surface area contributed by atoms with Gasteiger partial charge in [0.15, 0.2) is 11.6 Å². The molecule has 7 heteroatoms. The Morgan fingerprint density at radius 3 is 2.39 bits per heavy atom. The number of nitrogens with one attached hydrogen (secondary N) is 2. The summed E-state index contributed by atoms with van der Waals surface area (Å²) in [5, 5.41) is 9.77. The van der Waals surface area contributed by atoms with Crippen molar-refractivity contribution in [2.75, 3.05) is 7.11 Å². The fourth-order valence-corrected chi connectivity index (χ4v) is 3.18. The van der Waals surface area contributed by atoms with Crippen LogP contribution >= 0.6 is 0 Å². The van der Waals surface area contributed by atoms with E-state index < -0.39 is 0 Å². The molecule has 0 saturated carbocycles. The number of rotatable bonds is 10. The van der Waals surface area contributed by atoms with Crippen LogP contribution in [-0.4, -0.2) is 34.0 Å². The van der Waals surface area contributed by atoms with Crippen LogP contribution in [0.15, 0.2) is 48.5 Å². The van der Waals surface area contributed by atoms with Gasteiger partial charge in [-0.05, 0) is 42.2 Å². The zero-order valence-corrected chi connectivity index (χ0v) is 18.1. The maximum absolute atomic E-state index is 12.3. The van der Waals surface area contributed by atoms with Gasteiger partial charge in [0.1, 0.15) is 11.6 Å². The summed E-state index contributed by atoms with van der Waals surface area (Å²) in [5.41, 5.74) is 2.70. The summed E-state index contributed by atoms with van der Waals surface area (Å²) in [6, 6.07) is 15.1. The van der Waals surface area contributed by atoms with Crippen molar-refractivity contribution in [3.8, 4) is 17.1 Å². The molecule has 0 atom stereocenters. The number of aromatic nitrogens is 3. The van der Waals surface area contributed by atoms with E-state index in [0.717, 1.165) is 17.7 Å². The van der Waals surface area contributed by atoms with E-state index in [1.165, 1.54) is 5.56 Å². The predicted octanol–water partition coefficient (Wildman–Crippen LogP) is 3.96. The number of ether oxygens (including phenoxy) is 1. The molecule has 7 nitrogen and oxygen atoms in total. The Labute approximate surface area is 182 Å². The van der Waals surface area contributed by atoms with Crippen LogP contribution in [0.25, 0.3) is 11.4 Å². The number of carbonyl (C=O) groups excluding carboxylic acids is 2. The van der Waals surface area contributed by atoms with Crippen molar-refractivity contribution in [1.29, 1.82) is 0 Å². The van der Waals surface area contributed by atoms with Crippen LogP contribution in [-0.2, 0) is 17.8 Å². The van der Waals surface area contributed by atoms with Gasteiger partial charge in [-0.25, -0.2) is 4.98 Å². The maximum Gasteiger partial charge on any atom is 0.220 e. The van der Waals surface area contributed by atoms with Crippen molar-refractivity contribution in [1.82, 2.24) is 20.5 Å². The number of Topliss-reactive ketones (excluding diaryl/α,β-unsaturated/α-hetero) is 1. The zero-order valence-electron chi connectivity index (χ0n) is 18.1. The average Bonchev–Trinajstić information content (AvgIpc) is 3.25. The molecular formula is C24H28N4O3. The first-order valence-electron chi connectivity index (χ1n) is 10.4. The Morgan fingerprint density at radius 2 is 1.74 bits per heavy atom. The molecule has 0 radical (unpaired) electrons. The monoisotopic (exact) mass is 420 g/mol. The number of hydrogen-bond donors (Lipinski definition) is 2. The Hall–Kier alpha value is -3.48. The molecule has 2 aromatic carbocycles. The lowest BCUT2D eigenvalue weighted by Gasteiger charge is -2.06. The quantitative estimate of drug-likeness (QED) is 0.484. The molecule has 1 amide bonds. The number of methoxy groups -OCH3 is 1. The van der Waals surface area contributed by atoms with Crippen molar-refractivity contribution in [2.24, 2.45) is 5.92 Å². The average molecular weight is 421 g/mol. The number of hydrogen-bond acceptors (Lipinski definition) is 5. The number of benzene rings is 2. The number of aromatic amines is 1. The second kappa shape index (κ2) is 10.5. The van der Waals surface area contributed by atoms with E-state index in [0.29, 0.717) is 23.1 Å². The van der Waals surface area contributed by atoms with Crippen molar-refractivity contribution < 1.29 is 14.3 Å². The Bertz CT molecular complexity index is 1010. The molecule has 0 bridgehead atoms. The van der Waals surface area contributed by atoms with Crippen LogP contribution in [0.5, 0.6) is 5.75 Å². The van der Waals surface area contributed by atoms with Crippen LogP contribution in [0.4, 0.5) is 0 Å². The Balaban J connectivity index is 1.45. The van der Waals surface area contributed by atoms with Gasteiger partial charge in [-0.1, -0.05) is 38.1 Å². The number of ketones is 1. The lowest BCUT2D eigenvalue weighted by Crippen LogP contribution is -2.23. The van der Waals surface area contributed by atoms with E-state index in [1.54, 1.807) is 7.11 Å². The van der Waals surface area contributed by atoms with Crippen molar-refractivity contribution in [2.45, 2.75) is 39.7 Å². The van der Waals surface area contributed by atoms with E-state index in [2.05, 4.69) is 34.3 Å².